The third-order valence-electron chi connectivity index (χ3n) is 5.03. The molecule has 5 nitrogen and oxygen atoms in total. The maximum atomic E-state index is 14.2. The molecule has 1 aromatic carbocycles. The van der Waals surface area contributed by atoms with Crippen molar-refractivity contribution in [1.29, 1.82) is 0 Å². The molecule has 8 heteroatoms. The summed E-state index contributed by atoms with van der Waals surface area (Å²) in [6.45, 7) is 16.3. The first kappa shape index (κ1) is 25.8. The molecule has 0 N–H and O–H groups in total. The van der Waals surface area contributed by atoms with E-state index >= 15 is 0 Å². The van der Waals surface area contributed by atoms with Gasteiger partial charge in [-0.2, -0.15) is 0 Å². The molecule has 170 valence electrons. The Balaban J connectivity index is 2.51. The van der Waals surface area contributed by atoms with Crippen LogP contribution in [0.4, 0.5) is 0 Å². The Kier molecular flexibility index (Phi) is 8.63. The molecule has 2 rings (SSSR count). The van der Waals surface area contributed by atoms with Crippen molar-refractivity contribution in [2.45, 2.75) is 82.5 Å². The zero-order chi connectivity index (χ0) is 22.7. The predicted molar refractivity (Wildman–Crippen MR) is 126 cm³/mol. The summed E-state index contributed by atoms with van der Waals surface area (Å²) in [5, 5.41) is -1.20. The van der Waals surface area contributed by atoms with Crippen LogP contribution in [0.25, 0.3) is 0 Å². The fraction of sp³-hybridized carbons (Fsp3) is 0.682. The summed E-state index contributed by atoms with van der Waals surface area (Å²) in [6, 6.07) is 10.4. The van der Waals surface area contributed by atoms with Crippen LogP contribution in [0.3, 0.4) is 0 Å². The number of esters is 1. The van der Waals surface area contributed by atoms with Gasteiger partial charge in [0.2, 0.25) is 0 Å². The van der Waals surface area contributed by atoms with Crippen molar-refractivity contribution in [3.05, 3.63) is 30.3 Å². The van der Waals surface area contributed by atoms with Gasteiger partial charge in [-0.25, -0.2) is 0 Å². The molecule has 0 aromatic heterocycles. The van der Waals surface area contributed by atoms with Crippen molar-refractivity contribution < 1.29 is 23.1 Å². The number of benzene rings is 1. The van der Waals surface area contributed by atoms with Gasteiger partial charge in [0.25, 0.3) is 0 Å². The van der Waals surface area contributed by atoms with E-state index in [1.807, 2.05) is 33.8 Å². The number of rotatable bonds is 11. The SMILES string of the molecule is CCOC(=O)[C@]1(P(=O)(OC(C)C)OC(C)C)C[C@@H]1C([Se]c1ccccc1)[Si](C)(C)C. The molecule has 0 aliphatic heterocycles. The Hall–Kier alpha value is -0.424. The van der Waals surface area contributed by atoms with Crippen LogP contribution in [-0.4, -0.2) is 53.0 Å². The molecule has 1 saturated carbocycles. The van der Waals surface area contributed by atoms with Gasteiger partial charge in [0.05, 0.1) is 0 Å². The first-order chi connectivity index (χ1) is 13.9. The molecule has 0 bridgehead atoms. The quantitative estimate of drug-likeness (QED) is 0.233. The first-order valence-corrected chi connectivity index (χ1v) is 17.7. The van der Waals surface area contributed by atoms with E-state index in [0.29, 0.717) is 10.9 Å². The van der Waals surface area contributed by atoms with Crippen molar-refractivity contribution in [3.63, 3.8) is 0 Å². The van der Waals surface area contributed by atoms with Gasteiger partial charge in [-0.1, -0.05) is 0 Å². The van der Waals surface area contributed by atoms with Crippen LogP contribution < -0.4 is 4.46 Å². The summed E-state index contributed by atoms with van der Waals surface area (Å²) in [5.41, 5.74) is 0. The van der Waals surface area contributed by atoms with Crippen LogP contribution in [0.1, 0.15) is 41.0 Å². The van der Waals surface area contributed by atoms with Crippen LogP contribution in [-0.2, 0) is 23.1 Å². The zero-order valence-corrected chi connectivity index (χ0v) is 23.1. The van der Waals surface area contributed by atoms with Crippen LogP contribution in [0.5, 0.6) is 0 Å². The summed E-state index contributed by atoms with van der Waals surface area (Å²) < 4.78 is 33.2. The zero-order valence-electron chi connectivity index (χ0n) is 19.5. The Morgan fingerprint density at radius 3 is 2.10 bits per heavy atom. The van der Waals surface area contributed by atoms with Gasteiger partial charge in [0.15, 0.2) is 0 Å². The molecule has 1 aliphatic rings. The fourth-order valence-corrected chi connectivity index (χ4v) is 14.2. The summed E-state index contributed by atoms with van der Waals surface area (Å²) in [7, 11) is -5.43. The normalized spacial score (nSPS) is 22.9. The summed E-state index contributed by atoms with van der Waals surface area (Å²) in [5.74, 6) is -0.474. The number of hydrogen-bond donors (Lipinski definition) is 0. The van der Waals surface area contributed by atoms with E-state index < -0.39 is 26.8 Å². The van der Waals surface area contributed by atoms with Gasteiger partial charge < -0.3 is 0 Å². The Morgan fingerprint density at radius 1 is 1.13 bits per heavy atom. The molecular formula is C22H37O5PSeSi. The Bertz CT molecular complexity index is 751. The molecule has 30 heavy (non-hydrogen) atoms. The van der Waals surface area contributed by atoms with Crippen molar-refractivity contribution in [2.75, 3.05) is 6.61 Å². The van der Waals surface area contributed by atoms with E-state index in [9.17, 15) is 9.36 Å². The van der Waals surface area contributed by atoms with E-state index in [1.165, 1.54) is 4.46 Å². The maximum absolute atomic E-state index is 14.2. The van der Waals surface area contributed by atoms with E-state index in [-0.39, 0.29) is 39.7 Å². The van der Waals surface area contributed by atoms with Crippen molar-refractivity contribution >= 4 is 41.1 Å². The molecule has 0 radical (unpaired) electrons. The van der Waals surface area contributed by atoms with Crippen molar-refractivity contribution in [2.24, 2.45) is 5.92 Å². The van der Waals surface area contributed by atoms with Crippen LogP contribution in [0, 0.1) is 5.92 Å². The topological polar surface area (TPSA) is 61.8 Å². The summed E-state index contributed by atoms with van der Waals surface area (Å²) in [6.07, 6.45) is -0.120. The van der Waals surface area contributed by atoms with Gasteiger partial charge in [0, 0.05) is 0 Å². The Labute approximate surface area is 189 Å². The number of carbonyl (C=O) groups is 1. The number of carbonyl (C=O) groups excluding carboxylic acids is 1. The van der Waals surface area contributed by atoms with Crippen molar-refractivity contribution in [1.82, 2.24) is 0 Å². The molecule has 3 atom stereocenters. The van der Waals surface area contributed by atoms with Crippen LogP contribution in [0.15, 0.2) is 30.3 Å². The number of ether oxygens (including phenoxy) is 1. The Morgan fingerprint density at radius 2 is 1.67 bits per heavy atom. The standard InChI is InChI=1S/C22H37O5PSeSi/c1-9-25-21(23)22(28(24,26-16(2)3)27-17(4)5)15-19(22)20(30(6,7)8)29-18-13-11-10-12-14-18/h10-14,16-17,19-20H,9,15H2,1-8H3/t19-,20?,22+/m1/s1. The molecule has 0 heterocycles. The van der Waals surface area contributed by atoms with Crippen molar-refractivity contribution in [3.8, 4) is 0 Å². The van der Waals surface area contributed by atoms with Crippen LogP contribution in [0.2, 0.25) is 24.1 Å². The van der Waals surface area contributed by atoms with Gasteiger partial charge in [0.1, 0.15) is 0 Å². The third kappa shape index (κ3) is 5.68. The summed E-state index contributed by atoms with van der Waals surface area (Å²) in [4.78, 5) is 13.3. The molecule has 0 amide bonds. The van der Waals surface area contributed by atoms with Gasteiger partial charge in [-0.15, -0.1) is 0 Å². The third-order valence-corrected chi connectivity index (χ3v) is 17.6. The second kappa shape index (κ2) is 10.0. The second-order valence-corrected chi connectivity index (χ2v) is 20.5. The minimum atomic E-state index is -3.74. The monoisotopic (exact) mass is 520 g/mol. The number of hydrogen-bond acceptors (Lipinski definition) is 5. The average Bonchev–Trinajstić information content (AvgIpc) is 3.35. The molecule has 1 aliphatic carbocycles. The van der Waals surface area contributed by atoms with E-state index in [4.69, 9.17) is 13.8 Å². The summed E-state index contributed by atoms with van der Waals surface area (Å²) >= 11 is 0.158. The van der Waals surface area contributed by atoms with E-state index in [0.717, 1.165) is 0 Å². The molecular weight excluding hydrogens is 482 g/mol. The molecule has 1 unspecified atom stereocenters. The average molecular weight is 520 g/mol. The molecule has 0 spiro atoms. The van der Waals surface area contributed by atoms with E-state index in [1.54, 1.807) is 6.92 Å². The fourth-order valence-electron chi connectivity index (χ4n) is 3.83. The first-order valence-electron chi connectivity index (χ1n) is 10.7. The predicted octanol–water partition coefficient (Wildman–Crippen LogP) is 5.05. The molecule has 1 fully saturated rings. The van der Waals surface area contributed by atoms with Crippen LogP contribution >= 0.6 is 7.60 Å². The molecule has 0 saturated heterocycles. The van der Waals surface area contributed by atoms with Gasteiger partial charge >= 0.3 is 190 Å². The van der Waals surface area contributed by atoms with Gasteiger partial charge in [-0.05, 0) is 0 Å². The molecule has 1 aromatic rings. The minimum absolute atomic E-state index is 0.0493. The second-order valence-electron chi connectivity index (χ2n) is 9.48. The van der Waals surface area contributed by atoms with Gasteiger partial charge in [-0.3, -0.25) is 0 Å². The van der Waals surface area contributed by atoms with E-state index in [2.05, 4.69) is 43.9 Å².